The molecule has 0 atom stereocenters. The van der Waals surface area contributed by atoms with E-state index in [-0.39, 0.29) is 29.5 Å². The summed E-state index contributed by atoms with van der Waals surface area (Å²) >= 11 is 0. The third-order valence-electron chi connectivity index (χ3n) is 2.84. The average Bonchev–Trinajstić information content (AvgIpc) is 2.52. The molecule has 0 spiro atoms. The van der Waals surface area contributed by atoms with E-state index in [4.69, 9.17) is 4.74 Å². The maximum atomic E-state index is 12.4. The number of hydrogen-bond donors (Lipinski definition) is 1. The monoisotopic (exact) mass is 286 g/mol. The molecular weight excluding hydrogens is 272 g/mol. The van der Waals surface area contributed by atoms with Gasteiger partial charge in [0.2, 0.25) is 5.78 Å². The SMILES string of the molecule is COC(=O)COc1cccc(O)c1C(=O)c1ccccc1. The Hall–Kier alpha value is -2.82. The van der Waals surface area contributed by atoms with Crippen molar-refractivity contribution >= 4 is 11.8 Å². The van der Waals surface area contributed by atoms with Crippen molar-refractivity contribution < 1.29 is 24.2 Å². The first-order valence-corrected chi connectivity index (χ1v) is 6.25. The lowest BCUT2D eigenvalue weighted by molar-refractivity contribution is -0.142. The highest BCUT2D eigenvalue weighted by molar-refractivity contribution is 6.12. The van der Waals surface area contributed by atoms with Crippen LogP contribution < -0.4 is 4.74 Å². The van der Waals surface area contributed by atoms with Gasteiger partial charge < -0.3 is 14.6 Å². The van der Waals surface area contributed by atoms with Crippen molar-refractivity contribution in [1.82, 2.24) is 0 Å². The highest BCUT2D eigenvalue weighted by atomic mass is 16.6. The van der Waals surface area contributed by atoms with Gasteiger partial charge in [-0.15, -0.1) is 0 Å². The van der Waals surface area contributed by atoms with Gasteiger partial charge in [-0.25, -0.2) is 4.79 Å². The van der Waals surface area contributed by atoms with Crippen LogP contribution in [-0.4, -0.2) is 30.6 Å². The molecule has 0 aliphatic rings. The van der Waals surface area contributed by atoms with Crippen LogP contribution in [0.4, 0.5) is 0 Å². The first-order valence-electron chi connectivity index (χ1n) is 6.25. The molecule has 5 heteroatoms. The van der Waals surface area contributed by atoms with Crippen LogP contribution in [-0.2, 0) is 9.53 Å². The number of ketones is 1. The summed E-state index contributed by atoms with van der Waals surface area (Å²) in [5, 5.41) is 9.93. The lowest BCUT2D eigenvalue weighted by Gasteiger charge is -2.11. The number of carbonyl (C=O) groups excluding carboxylic acids is 2. The minimum atomic E-state index is -0.573. The number of carbonyl (C=O) groups is 2. The number of esters is 1. The Bertz CT molecular complexity index is 649. The molecule has 2 aromatic carbocycles. The molecule has 0 saturated heterocycles. The van der Waals surface area contributed by atoms with Crippen LogP contribution in [0.25, 0.3) is 0 Å². The molecule has 0 radical (unpaired) electrons. The predicted molar refractivity (Wildman–Crippen MR) is 75.5 cm³/mol. The lowest BCUT2D eigenvalue weighted by Crippen LogP contribution is -2.14. The minimum absolute atomic E-state index is 0.0209. The molecule has 0 fully saturated rings. The fourth-order valence-electron chi connectivity index (χ4n) is 1.80. The Morgan fingerprint density at radius 3 is 2.43 bits per heavy atom. The largest absolute Gasteiger partial charge is 0.507 e. The van der Waals surface area contributed by atoms with Crippen LogP contribution in [0.15, 0.2) is 48.5 Å². The summed E-state index contributed by atoms with van der Waals surface area (Å²) in [5.41, 5.74) is 0.439. The van der Waals surface area contributed by atoms with Gasteiger partial charge in [0.15, 0.2) is 6.61 Å². The van der Waals surface area contributed by atoms with Crippen LogP contribution in [0.1, 0.15) is 15.9 Å². The molecule has 2 rings (SSSR count). The molecule has 108 valence electrons. The number of methoxy groups -OCH3 is 1. The summed E-state index contributed by atoms with van der Waals surface area (Å²) in [7, 11) is 1.24. The maximum Gasteiger partial charge on any atom is 0.343 e. The second-order valence-corrected chi connectivity index (χ2v) is 4.21. The van der Waals surface area contributed by atoms with Crippen molar-refractivity contribution in [1.29, 1.82) is 0 Å². The first-order chi connectivity index (χ1) is 10.1. The van der Waals surface area contributed by atoms with E-state index in [0.29, 0.717) is 5.56 Å². The number of ether oxygens (including phenoxy) is 2. The lowest BCUT2D eigenvalue weighted by atomic mass is 10.0. The number of rotatable bonds is 5. The van der Waals surface area contributed by atoms with E-state index in [1.807, 2.05) is 0 Å². The highest BCUT2D eigenvalue weighted by Gasteiger charge is 2.19. The zero-order valence-corrected chi connectivity index (χ0v) is 11.4. The number of benzene rings is 2. The molecule has 0 aliphatic carbocycles. The zero-order valence-electron chi connectivity index (χ0n) is 11.4. The molecule has 0 amide bonds. The predicted octanol–water partition coefficient (Wildman–Crippen LogP) is 2.17. The quantitative estimate of drug-likeness (QED) is 0.673. The molecule has 2 aromatic rings. The number of hydrogen-bond acceptors (Lipinski definition) is 5. The summed E-state index contributed by atoms with van der Waals surface area (Å²) in [6, 6.07) is 12.9. The van der Waals surface area contributed by atoms with E-state index >= 15 is 0 Å². The smallest absolute Gasteiger partial charge is 0.343 e. The zero-order chi connectivity index (χ0) is 15.2. The van der Waals surface area contributed by atoms with E-state index in [9.17, 15) is 14.7 Å². The Balaban J connectivity index is 2.34. The summed E-state index contributed by atoms with van der Waals surface area (Å²) in [6.07, 6.45) is 0. The third kappa shape index (κ3) is 3.39. The minimum Gasteiger partial charge on any atom is -0.507 e. The van der Waals surface area contributed by atoms with Crippen molar-refractivity contribution in [2.24, 2.45) is 0 Å². The second-order valence-electron chi connectivity index (χ2n) is 4.21. The number of aromatic hydroxyl groups is 1. The van der Waals surface area contributed by atoms with Gasteiger partial charge in [-0.3, -0.25) is 4.79 Å². The van der Waals surface area contributed by atoms with Crippen LogP contribution in [0.2, 0.25) is 0 Å². The molecule has 1 N–H and O–H groups in total. The molecule has 0 heterocycles. The first kappa shape index (κ1) is 14.6. The molecule has 0 saturated carbocycles. The topological polar surface area (TPSA) is 72.8 Å². The van der Waals surface area contributed by atoms with E-state index in [2.05, 4.69) is 4.74 Å². The Morgan fingerprint density at radius 2 is 1.76 bits per heavy atom. The van der Waals surface area contributed by atoms with E-state index < -0.39 is 5.97 Å². The van der Waals surface area contributed by atoms with Gasteiger partial charge in [0.25, 0.3) is 0 Å². The second kappa shape index (κ2) is 6.56. The fraction of sp³-hybridized carbons (Fsp3) is 0.125. The normalized spacial score (nSPS) is 9.95. The Morgan fingerprint density at radius 1 is 1.05 bits per heavy atom. The van der Waals surface area contributed by atoms with Crippen LogP contribution >= 0.6 is 0 Å². The summed E-state index contributed by atoms with van der Waals surface area (Å²) in [5.74, 6) is -1.02. The average molecular weight is 286 g/mol. The van der Waals surface area contributed by atoms with Crippen molar-refractivity contribution in [3.63, 3.8) is 0 Å². The van der Waals surface area contributed by atoms with Gasteiger partial charge in [-0.1, -0.05) is 36.4 Å². The van der Waals surface area contributed by atoms with E-state index in [1.165, 1.54) is 25.3 Å². The summed E-state index contributed by atoms with van der Waals surface area (Å²) in [4.78, 5) is 23.6. The summed E-state index contributed by atoms with van der Waals surface area (Å²) in [6.45, 7) is -0.338. The molecule has 5 nitrogen and oxygen atoms in total. The number of phenolic OH excluding ortho intramolecular Hbond substituents is 1. The standard InChI is InChI=1S/C16H14O5/c1-20-14(18)10-21-13-9-5-8-12(17)15(13)16(19)11-6-3-2-4-7-11/h2-9,17H,10H2,1H3. The summed E-state index contributed by atoms with van der Waals surface area (Å²) < 4.78 is 9.73. The third-order valence-corrected chi connectivity index (χ3v) is 2.84. The van der Waals surface area contributed by atoms with Crippen LogP contribution in [0.5, 0.6) is 11.5 Å². The molecule has 0 aliphatic heterocycles. The van der Waals surface area contributed by atoms with Gasteiger partial charge in [-0.05, 0) is 12.1 Å². The van der Waals surface area contributed by atoms with Gasteiger partial charge >= 0.3 is 5.97 Å². The molecule has 21 heavy (non-hydrogen) atoms. The Kier molecular flexibility index (Phi) is 4.56. The van der Waals surface area contributed by atoms with Gasteiger partial charge in [0.05, 0.1) is 7.11 Å². The highest BCUT2D eigenvalue weighted by Crippen LogP contribution is 2.30. The van der Waals surface area contributed by atoms with Crippen molar-refractivity contribution in [2.45, 2.75) is 0 Å². The molecule has 0 unspecified atom stereocenters. The Labute approximate surface area is 121 Å². The van der Waals surface area contributed by atoms with E-state index in [0.717, 1.165) is 0 Å². The van der Waals surface area contributed by atoms with Crippen LogP contribution in [0.3, 0.4) is 0 Å². The molecule has 0 bridgehead atoms. The van der Waals surface area contributed by atoms with Gasteiger partial charge in [0.1, 0.15) is 17.1 Å². The fourth-order valence-corrected chi connectivity index (χ4v) is 1.80. The molecule has 0 aromatic heterocycles. The van der Waals surface area contributed by atoms with E-state index in [1.54, 1.807) is 30.3 Å². The van der Waals surface area contributed by atoms with Crippen molar-refractivity contribution in [3.8, 4) is 11.5 Å². The van der Waals surface area contributed by atoms with Crippen molar-refractivity contribution in [2.75, 3.05) is 13.7 Å². The van der Waals surface area contributed by atoms with Crippen LogP contribution in [0, 0.1) is 0 Å². The van der Waals surface area contributed by atoms with Crippen molar-refractivity contribution in [3.05, 3.63) is 59.7 Å². The van der Waals surface area contributed by atoms with Gasteiger partial charge in [-0.2, -0.15) is 0 Å². The maximum absolute atomic E-state index is 12.4. The number of phenols is 1. The molecular formula is C16H14O5. The van der Waals surface area contributed by atoms with Gasteiger partial charge in [0, 0.05) is 5.56 Å².